The highest BCUT2D eigenvalue weighted by Crippen LogP contribution is 2.14. The van der Waals surface area contributed by atoms with E-state index in [1.54, 1.807) is 0 Å². The number of para-hydroxylation sites is 1. The van der Waals surface area contributed by atoms with E-state index in [0.717, 1.165) is 25.2 Å². The minimum atomic E-state index is 0.826. The Labute approximate surface area is 109 Å². The monoisotopic (exact) mass is 240 g/mol. The van der Waals surface area contributed by atoms with Gasteiger partial charge in [-0.2, -0.15) is 0 Å². The second-order valence-corrected chi connectivity index (χ2v) is 4.52. The van der Waals surface area contributed by atoms with Gasteiger partial charge in [-0.05, 0) is 43.0 Å². The van der Waals surface area contributed by atoms with Gasteiger partial charge in [0, 0.05) is 0 Å². The molecule has 0 amide bonds. The van der Waals surface area contributed by atoms with Gasteiger partial charge in [0.05, 0.1) is 6.61 Å². The van der Waals surface area contributed by atoms with E-state index in [1.165, 1.54) is 24.8 Å². The quantitative estimate of drug-likeness (QED) is 0.474. The van der Waals surface area contributed by atoms with Crippen molar-refractivity contribution in [3.63, 3.8) is 0 Å². The molecule has 1 aliphatic rings. The average molecular weight is 240 g/mol. The van der Waals surface area contributed by atoms with Gasteiger partial charge in [0.1, 0.15) is 5.75 Å². The van der Waals surface area contributed by atoms with Crippen LogP contribution < -0.4 is 4.74 Å². The summed E-state index contributed by atoms with van der Waals surface area (Å²) in [6.07, 6.45) is 12.3. The molecule has 0 radical (unpaired) electrons. The highest BCUT2D eigenvalue weighted by molar-refractivity contribution is 5.28. The van der Waals surface area contributed by atoms with E-state index in [9.17, 15) is 0 Å². The van der Waals surface area contributed by atoms with Crippen molar-refractivity contribution in [2.75, 3.05) is 6.61 Å². The molecule has 0 fully saturated rings. The van der Waals surface area contributed by atoms with Crippen molar-refractivity contribution < 1.29 is 4.74 Å². The van der Waals surface area contributed by atoms with E-state index >= 15 is 0 Å². The van der Waals surface area contributed by atoms with Crippen LogP contribution in [0.5, 0.6) is 5.75 Å². The molecule has 1 aliphatic carbocycles. The van der Waals surface area contributed by atoms with Crippen LogP contribution in [0, 0.1) is 0 Å². The van der Waals surface area contributed by atoms with Gasteiger partial charge in [-0.1, -0.05) is 43.2 Å². The maximum atomic E-state index is 5.65. The van der Waals surface area contributed by atoms with Crippen LogP contribution in [0.25, 0.3) is 0 Å². The minimum Gasteiger partial charge on any atom is -0.494 e. The van der Waals surface area contributed by atoms with E-state index in [0.29, 0.717) is 0 Å². The molecule has 2 rings (SSSR count). The molecule has 0 bridgehead atoms. The Balaban J connectivity index is 1.47. The number of hydrogen-bond acceptors (Lipinski definition) is 1. The molecular weight excluding hydrogens is 220 g/mol. The van der Waals surface area contributed by atoms with Crippen LogP contribution in [-0.4, -0.2) is 6.61 Å². The Morgan fingerprint density at radius 3 is 2.56 bits per heavy atom. The summed E-state index contributed by atoms with van der Waals surface area (Å²) in [5.41, 5.74) is 4.58. The third-order valence-electron chi connectivity index (χ3n) is 3.01. The smallest absolute Gasteiger partial charge is 0.119 e. The van der Waals surface area contributed by atoms with E-state index in [2.05, 4.69) is 17.9 Å². The standard InChI is InChI=1S/C17H20O/c1(4-10-16-11-7-8-12-16)2-9-15-18-17-13-5-3-6-14-17/h3,5-8,11,13-14H,1-2,4,9-10,15H2. The number of allylic oxidation sites excluding steroid dienone is 3. The molecule has 1 heteroatoms. The van der Waals surface area contributed by atoms with Crippen molar-refractivity contribution in [2.24, 2.45) is 0 Å². The topological polar surface area (TPSA) is 9.23 Å². The molecule has 0 aromatic heterocycles. The first-order valence-corrected chi connectivity index (χ1v) is 6.75. The number of benzene rings is 1. The normalized spacial score (nSPS) is 12.8. The lowest BCUT2D eigenvalue weighted by atomic mass is 10.1. The summed E-state index contributed by atoms with van der Waals surface area (Å²) in [7, 11) is 0. The minimum absolute atomic E-state index is 0.826. The summed E-state index contributed by atoms with van der Waals surface area (Å²) >= 11 is 0. The zero-order chi connectivity index (χ0) is 12.5. The molecule has 0 saturated carbocycles. The molecule has 0 aliphatic heterocycles. The van der Waals surface area contributed by atoms with Crippen molar-refractivity contribution in [3.05, 3.63) is 59.9 Å². The van der Waals surface area contributed by atoms with Crippen LogP contribution in [-0.2, 0) is 0 Å². The highest BCUT2D eigenvalue weighted by Gasteiger charge is 1.96. The molecule has 0 spiro atoms. The fraction of sp³-hybridized carbons (Fsp3) is 0.353. The van der Waals surface area contributed by atoms with Crippen LogP contribution in [0.3, 0.4) is 0 Å². The Kier molecular flexibility index (Phi) is 5.36. The number of unbranched alkanes of at least 4 members (excludes halogenated alkanes) is 3. The summed E-state index contributed by atoms with van der Waals surface area (Å²) in [5.74, 6) is 0.976. The Hall–Kier alpha value is -1.72. The maximum absolute atomic E-state index is 5.65. The van der Waals surface area contributed by atoms with Crippen LogP contribution in [0.2, 0.25) is 0 Å². The van der Waals surface area contributed by atoms with Crippen LogP contribution in [0.4, 0.5) is 0 Å². The first kappa shape index (κ1) is 12.7. The number of hydrogen-bond donors (Lipinski definition) is 0. The molecule has 1 aromatic rings. The fourth-order valence-electron chi connectivity index (χ4n) is 2.00. The van der Waals surface area contributed by atoms with Gasteiger partial charge in [0.15, 0.2) is 0 Å². The summed E-state index contributed by atoms with van der Waals surface area (Å²) in [5, 5.41) is 0. The molecule has 0 saturated heterocycles. The van der Waals surface area contributed by atoms with Crippen molar-refractivity contribution >= 4 is 0 Å². The lowest BCUT2D eigenvalue weighted by Crippen LogP contribution is -1.96. The van der Waals surface area contributed by atoms with Crippen molar-refractivity contribution in [1.29, 1.82) is 0 Å². The first-order valence-electron chi connectivity index (χ1n) is 6.75. The van der Waals surface area contributed by atoms with Crippen LogP contribution >= 0.6 is 0 Å². The lowest BCUT2D eigenvalue weighted by Gasteiger charge is -2.05. The molecule has 18 heavy (non-hydrogen) atoms. The van der Waals surface area contributed by atoms with Crippen molar-refractivity contribution in [2.45, 2.75) is 32.1 Å². The zero-order valence-corrected chi connectivity index (χ0v) is 10.8. The van der Waals surface area contributed by atoms with Crippen molar-refractivity contribution in [3.8, 4) is 5.75 Å². The van der Waals surface area contributed by atoms with Crippen LogP contribution in [0.15, 0.2) is 59.9 Å². The molecule has 0 N–H and O–H groups in total. The fourth-order valence-corrected chi connectivity index (χ4v) is 2.00. The van der Waals surface area contributed by atoms with E-state index < -0.39 is 0 Å². The second-order valence-electron chi connectivity index (χ2n) is 4.52. The second kappa shape index (κ2) is 7.58. The molecule has 0 heterocycles. The Morgan fingerprint density at radius 2 is 1.78 bits per heavy atom. The van der Waals surface area contributed by atoms with Gasteiger partial charge >= 0.3 is 0 Å². The number of ether oxygens (including phenoxy) is 1. The first-order chi connectivity index (χ1) is 8.95. The zero-order valence-electron chi connectivity index (χ0n) is 10.8. The summed E-state index contributed by atoms with van der Waals surface area (Å²) in [4.78, 5) is 0. The predicted octanol–water partition coefficient (Wildman–Crippen LogP) is 4.67. The number of rotatable bonds is 8. The van der Waals surface area contributed by atoms with E-state index in [1.807, 2.05) is 36.4 Å². The lowest BCUT2D eigenvalue weighted by molar-refractivity contribution is 0.304. The molecule has 0 unspecified atom stereocenters. The molecule has 1 nitrogen and oxygen atoms in total. The Morgan fingerprint density at radius 1 is 0.944 bits per heavy atom. The van der Waals surface area contributed by atoms with Gasteiger partial charge in [-0.25, -0.2) is 0 Å². The van der Waals surface area contributed by atoms with Gasteiger partial charge in [-0.3, -0.25) is 0 Å². The van der Waals surface area contributed by atoms with Crippen molar-refractivity contribution in [1.82, 2.24) is 0 Å². The van der Waals surface area contributed by atoms with Gasteiger partial charge in [0.25, 0.3) is 0 Å². The summed E-state index contributed by atoms with van der Waals surface area (Å²) in [6.45, 7) is 0.826. The third kappa shape index (κ3) is 4.65. The predicted molar refractivity (Wildman–Crippen MR) is 75.8 cm³/mol. The largest absolute Gasteiger partial charge is 0.494 e. The van der Waals surface area contributed by atoms with Gasteiger partial charge in [0.2, 0.25) is 0 Å². The van der Waals surface area contributed by atoms with Crippen LogP contribution in [0.1, 0.15) is 32.1 Å². The Bertz CT molecular complexity index is 436. The molecular formula is C17H20O. The SMILES string of the molecule is C1=CC=CC=1CCCCCCOc1ccccc1. The molecule has 1 aromatic carbocycles. The van der Waals surface area contributed by atoms with Gasteiger partial charge < -0.3 is 4.74 Å². The van der Waals surface area contributed by atoms with E-state index in [-0.39, 0.29) is 0 Å². The molecule has 94 valence electrons. The maximum Gasteiger partial charge on any atom is 0.119 e. The molecule has 0 atom stereocenters. The third-order valence-corrected chi connectivity index (χ3v) is 3.01. The average Bonchev–Trinajstić information content (AvgIpc) is 2.92. The van der Waals surface area contributed by atoms with E-state index in [4.69, 9.17) is 4.74 Å². The highest BCUT2D eigenvalue weighted by atomic mass is 16.5. The summed E-state index contributed by atoms with van der Waals surface area (Å²) in [6, 6.07) is 10.0. The van der Waals surface area contributed by atoms with Gasteiger partial charge in [-0.15, -0.1) is 5.73 Å². The summed E-state index contributed by atoms with van der Waals surface area (Å²) < 4.78 is 5.65.